The Kier molecular flexibility index (Phi) is 7.67. The van der Waals surface area contributed by atoms with Gasteiger partial charge in [0.1, 0.15) is 0 Å². The summed E-state index contributed by atoms with van der Waals surface area (Å²) in [4.78, 5) is 25.3. The van der Waals surface area contributed by atoms with Crippen molar-refractivity contribution in [2.75, 3.05) is 0 Å². The predicted molar refractivity (Wildman–Crippen MR) is 133 cm³/mol. The average molecular weight is 481 g/mol. The second kappa shape index (κ2) is 11.4. The van der Waals surface area contributed by atoms with Gasteiger partial charge in [-0.1, -0.05) is 58.8 Å². The smallest absolute Gasteiger partial charge is 0.227 e. The molecule has 2 aromatic carbocycles. The van der Waals surface area contributed by atoms with Gasteiger partial charge in [-0.15, -0.1) is 0 Å². The molecule has 8 nitrogen and oxygen atoms in total. The summed E-state index contributed by atoms with van der Waals surface area (Å²) in [6.45, 7) is 0.394. The molecule has 0 atom stereocenters. The van der Waals surface area contributed by atoms with Crippen LogP contribution in [0.2, 0.25) is 0 Å². The Labute approximate surface area is 207 Å². The molecule has 178 valence electrons. The first kappa shape index (κ1) is 24.2. The van der Waals surface area contributed by atoms with Crippen molar-refractivity contribution in [2.45, 2.75) is 13.1 Å². The van der Waals surface area contributed by atoms with Crippen LogP contribution in [0, 0.1) is 0 Å². The normalized spacial score (nSPS) is 11.2. The lowest BCUT2D eigenvalue weighted by Gasteiger charge is -2.05. The molecule has 0 aliphatic heterocycles. The van der Waals surface area contributed by atoms with E-state index in [-0.39, 0.29) is 24.7 Å². The number of nitrogens with zero attached hydrogens (tertiary/aromatic N) is 4. The number of Topliss-reactive ketones (excluding diaryl/α,β-unsaturated/α-hetero) is 2. The van der Waals surface area contributed by atoms with E-state index < -0.39 is 0 Å². The van der Waals surface area contributed by atoms with Crippen molar-refractivity contribution in [1.82, 2.24) is 0 Å². The molecule has 0 aliphatic carbocycles. The topological polar surface area (TPSA) is 107 Å². The van der Waals surface area contributed by atoms with Crippen LogP contribution in [0.15, 0.2) is 108 Å². The number of oxime groups is 2. The molecule has 2 heterocycles. The molecule has 0 saturated heterocycles. The van der Waals surface area contributed by atoms with Gasteiger partial charge in [0.2, 0.25) is 24.7 Å². The number of benzene rings is 2. The Bertz CT molecular complexity index is 1280. The summed E-state index contributed by atoms with van der Waals surface area (Å²) in [6.07, 6.45) is 9.66. The molecule has 2 aromatic heterocycles. The maximum Gasteiger partial charge on any atom is 0.227 e. The van der Waals surface area contributed by atoms with Crippen molar-refractivity contribution in [3.05, 3.63) is 120 Å². The highest BCUT2D eigenvalue weighted by Crippen LogP contribution is 2.21. The van der Waals surface area contributed by atoms with E-state index in [1.807, 2.05) is 24.3 Å². The van der Waals surface area contributed by atoms with Crippen LogP contribution in [0.1, 0.15) is 31.8 Å². The van der Waals surface area contributed by atoms with Crippen molar-refractivity contribution in [3.8, 4) is 11.1 Å². The lowest BCUT2D eigenvalue weighted by Crippen LogP contribution is -2.37. The number of ketones is 2. The van der Waals surface area contributed by atoms with Crippen LogP contribution in [0.4, 0.5) is 0 Å². The molecule has 36 heavy (non-hydrogen) atoms. The van der Waals surface area contributed by atoms with Gasteiger partial charge in [-0.3, -0.25) is 9.59 Å². The Balaban J connectivity index is 1.38. The first-order chi connectivity index (χ1) is 17.6. The second-order valence-electron chi connectivity index (χ2n) is 8.10. The van der Waals surface area contributed by atoms with Crippen molar-refractivity contribution in [3.63, 3.8) is 0 Å². The molecule has 0 radical (unpaired) electrons. The number of carbonyl (C=O) groups excluding carboxylic acids is 2. The molecule has 0 bridgehead atoms. The third-order valence-corrected chi connectivity index (χ3v) is 5.65. The minimum atomic E-state index is -0.0229. The predicted octanol–water partition coefficient (Wildman–Crippen LogP) is 3.31. The molecule has 2 N–H and O–H groups in total. The Morgan fingerprint density at radius 1 is 0.583 bits per heavy atom. The lowest BCUT2D eigenvalue weighted by molar-refractivity contribution is -0.683. The van der Waals surface area contributed by atoms with Gasteiger partial charge in [0.15, 0.2) is 24.8 Å². The summed E-state index contributed by atoms with van der Waals surface area (Å²) in [6, 6.07) is 21.8. The maximum absolute atomic E-state index is 12.6. The number of hydrogen-bond donors (Lipinski definition) is 2. The highest BCUT2D eigenvalue weighted by molar-refractivity contribution is 5.96. The molecule has 0 amide bonds. The summed E-state index contributed by atoms with van der Waals surface area (Å²) < 4.78 is 3.52. The van der Waals surface area contributed by atoms with Crippen molar-refractivity contribution >= 4 is 24.0 Å². The zero-order valence-electron chi connectivity index (χ0n) is 19.3. The largest absolute Gasteiger partial charge is 0.411 e. The number of pyridine rings is 2. The zero-order chi connectivity index (χ0) is 25.3. The molecule has 0 spiro atoms. The third-order valence-electron chi connectivity index (χ3n) is 5.65. The monoisotopic (exact) mass is 480 g/mol. The molecule has 4 aromatic rings. The van der Waals surface area contributed by atoms with Crippen LogP contribution < -0.4 is 9.13 Å². The first-order valence-corrected chi connectivity index (χ1v) is 11.2. The van der Waals surface area contributed by atoms with E-state index in [0.29, 0.717) is 11.1 Å². The van der Waals surface area contributed by atoms with E-state index in [2.05, 4.69) is 10.3 Å². The zero-order valence-corrected chi connectivity index (χ0v) is 19.3. The minimum absolute atomic E-state index is 0.0229. The molecule has 0 aliphatic rings. The summed E-state index contributed by atoms with van der Waals surface area (Å²) in [5, 5.41) is 23.1. The summed E-state index contributed by atoms with van der Waals surface area (Å²) in [7, 11) is 0. The van der Waals surface area contributed by atoms with Gasteiger partial charge in [0.25, 0.3) is 0 Å². The van der Waals surface area contributed by atoms with Gasteiger partial charge < -0.3 is 10.4 Å². The average Bonchev–Trinajstić information content (AvgIpc) is 2.91. The minimum Gasteiger partial charge on any atom is -0.411 e. The summed E-state index contributed by atoms with van der Waals surface area (Å²) >= 11 is 0. The fourth-order valence-corrected chi connectivity index (χ4v) is 3.67. The Morgan fingerprint density at radius 2 is 0.917 bits per heavy atom. The molecule has 4 rings (SSSR count). The van der Waals surface area contributed by atoms with E-state index in [1.54, 1.807) is 82.5 Å². The molecular formula is C28H24N4O4+2. The fourth-order valence-electron chi connectivity index (χ4n) is 3.67. The molecule has 0 unspecified atom stereocenters. The molecule has 8 heteroatoms. The van der Waals surface area contributed by atoms with Crippen molar-refractivity contribution < 1.29 is 29.1 Å². The summed E-state index contributed by atoms with van der Waals surface area (Å²) in [5.41, 5.74) is 4.57. The van der Waals surface area contributed by atoms with Gasteiger partial charge in [-0.2, -0.15) is 9.13 Å². The Morgan fingerprint density at radius 3 is 1.22 bits per heavy atom. The highest BCUT2D eigenvalue weighted by atomic mass is 16.4. The third kappa shape index (κ3) is 6.12. The van der Waals surface area contributed by atoms with Gasteiger partial charge in [0, 0.05) is 46.5 Å². The van der Waals surface area contributed by atoms with Crippen LogP contribution in [0.3, 0.4) is 0 Å². The fraction of sp³-hybridized carbons (Fsp3) is 0.0714. The SMILES string of the molecule is O=C(C[n+]1ccc(/C=N/O)cc1)c1ccc(-c2ccc(C(=O)C[n+]3ccc(/C=N/O)cc3)cc2)cc1. The van der Waals surface area contributed by atoms with E-state index in [1.165, 1.54) is 12.4 Å². The quantitative estimate of drug-likeness (QED) is 0.126. The van der Waals surface area contributed by atoms with Gasteiger partial charge in [-0.25, -0.2) is 0 Å². The van der Waals surface area contributed by atoms with Crippen LogP contribution in [0.5, 0.6) is 0 Å². The molecular weight excluding hydrogens is 456 g/mol. The van der Waals surface area contributed by atoms with Crippen molar-refractivity contribution in [1.29, 1.82) is 0 Å². The van der Waals surface area contributed by atoms with Crippen LogP contribution in [0.25, 0.3) is 11.1 Å². The van der Waals surface area contributed by atoms with E-state index in [9.17, 15) is 9.59 Å². The molecule has 0 fully saturated rings. The van der Waals surface area contributed by atoms with Gasteiger partial charge >= 0.3 is 0 Å². The van der Waals surface area contributed by atoms with Gasteiger partial charge in [0.05, 0.1) is 12.4 Å². The maximum atomic E-state index is 12.6. The Hall–Kier alpha value is -4.98. The number of aromatic nitrogens is 2. The highest BCUT2D eigenvalue weighted by Gasteiger charge is 2.14. The van der Waals surface area contributed by atoms with Crippen LogP contribution in [-0.4, -0.2) is 34.4 Å². The number of hydrogen-bond acceptors (Lipinski definition) is 6. The van der Waals surface area contributed by atoms with E-state index in [4.69, 9.17) is 10.4 Å². The first-order valence-electron chi connectivity index (χ1n) is 11.2. The lowest BCUT2D eigenvalue weighted by atomic mass is 10.00. The standard InChI is InChI=1S/C28H22N4O4/c33-27(19-31-13-9-21(10-14-31)17-29-35)25-5-1-23(2-6-25)24-3-7-26(8-4-24)28(34)20-32-15-11-22(12-16-32)18-30-36/h1-18H,19-20H2/p+2. The second-order valence-corrected chi connectivity index (χ2v) is 8.10. The van der Waals surface area contributed by atoms with E-state index in [0.717, 1.165) is 22.3 Å². The van der Waals surface area contributed by atoms with Gasteiger partial charge in [-0.05, 0) is 11.1 Å². The number of carbonyl (C=O) groups is 2. The van der Waals surface area contributed by atoms with E-state index >= 15 is 0 Å². The van der Waals surface area contributed by atoms with Crippen LogP contribution in [-0.2, 0) is 13.1 Å². The number of rotatable bonds is 9. The van der Waals surface area contributed by atoms with Crippen LogP contribution >= 0.6 is 0 Å². The molecule has 0 saturated carbocycles. The van der Waals surface area contributed by atoms with Crippen molar-refractivity contribution in [2.24, 2.45) is 10.3 Å². The summed E-state index contributed by atoms with van der Waals surface area (Å²) in [5.74, 6) is -0.0458.